The van der Waals surface area contributed by atoms with Gasteiger partial charge in [0.25, 0.3) is 0 Å². The third-order valence-electron chi connectivity index (χ3n) is 2.89. The lowest BCUT2D eigenvalue weighted by Gasteiger charge is -2.27. The van der Waals surface area contributed by atoms with Crippen molar-refractivity contribution < 1.29 is 20.1 Å². The minimum Gasteiger partial charge on any atom is -0.491 e. The number of aliphatic hydroxyl groups is 3. The average molecular weight is 269 g/mol. The first-order chi connectivity index (χ1) is 8.99. The van der Waals surface area contributed by atoms with Gasteiger partial charge in [-0.05, 0) is 31.5 Å². The molecule has 0 aliphatic rings. The van der Waals surface area contributed by atoms with Crippen LogP contribution in [0.1, 0.15) is 12.5 Å². The first kappa shape index (κ1) is 15.9. The van der Waals surface area contributed by atoms with Gasteiger partial charge >= 0.3 is 0 Å². The molecule has 0 radical (unpaired) electrons. The van der Waals surface area contributed by atoms with Gasteiger partial charge in [0.15, 0.2) is 0 Å². The highest BCUT2D eigenvalue weighted by Crippen LogP contribution is 2.12. The molecule has 0 aliphatic carbocycles. The van der Waals surface area contributed by atoms with Crippen LogP contribution in [0.15, 0.2) is 24.3 Å². The summed E-state index contributed by atoms with van der Waals surface area (Å²) in [6, 6.07) is 7.59. The van der Waals surface area contributed by atoms with E-state index >= 15 is 0 Å². The van der Waals surface area contributed by atoms with Crippen LogP contribution in [-0.4, -0.2) is 53.3 Å². The van der Waals surface area contributed by atoms with Crippen molar-refractivity contribution in [2.24, 2.45) is 0 Å². The second-order valence-corrected chi connectivity index (χ2v) is 5.04. The lowest BCUT2D eigenvalue weighted by Crippen LogP contribution is -2.52. The predicted molar refractivity (Wildman–Crippen MR) is 73.3 cm³/mol. The molecule has 0 spiro atoms. The van der Waals surface area contributed by atoms with Gasteiger partial charge < -0.3 is 25.4 Å². The van der Waals surface area contributed by atoms with E-state index in [1.54, 1.807) is 6.92 Å². The fourth-order valence-electron chi connectivity index (χ4n) is 1.48. The summed E-state index contributed by atoms with van der Waals surface area (Å²) in [7, 11) is 0. The van der Waals surface area contributed by atoms with Crippen LogP contribution in [0.5, 0.6) is 5.75 Å². The smallest absolute Gasteiger partial charge is 0.119 e. The van der Waals surface area contributed by atoms with Crippen LogP contribution in [-0.2, 0) is 0 Å². The van der Waals surface area contributed by atoms with Crippen LogP contribution in [0.2, 0.25) is 0 Å². The van der Waals surface area contributed by atoms with E-state index < -0.39 is 11.6 Å². The van der Waals surface area contributed by atoms with Gasteiger partial charge in [0.05, 0.1) is 18.8 Å². The number of aliphatic hydroxyl groups excluding tert-OH is 3. The van der Waals surface area contributed by atoms with Gasteiger partial charge in [-0.3, -0.25) is 0 Å². The Kier molecular flexibility index (Phi) is 6.24. The number of ether oxygens (including phenoxy) is 1. The van der Waals surface area contributed by atoms with Crippen molar-refractivity contribution in [3.8, 4) is 5.75 Å². The van der Waals surface area contributed by atoms with E-state index in [9.17, 15) is 5.11 Å². The number of nitrogens with one attached hydrogen (secondary N) is 1. The number of benzene rings is 1. The summed E-state index contributed by atoms with van der Waals surface area (Å²) < 4.78 is 5.47. The van der Waals surface area contributed by atoms with E-state index in [2.05, 4.69) is 5.32 Å². The highest BCUT2D eigenvalue weighted by Gasteiger charge is 2.22. The van der Waals surface area contributed by atoms with Crippen LogP contribution >= 0.6 is 0 Å². The maximum Gasteiger partial charge on any atom is 0.119 e. The zero-order valence-corrected chi connectivity index (χ0v) is 11.5. The molecule has 0 heterocycles. The lowest BCUT2D eigenvalue weighted by atomic mass is 10.1. The highest BCUT2D eigenvalue weighted by atomic mass is 16.5. The van der Waals surface area contributed by atoms with Gasteiger partial charge in [-0.2, -0.15) is 0 Å². The van der Waals surface area contributed by atoms with Crippen LogP contribution in [0.25, 0.3) is 0 Å². The van der Waals surface area contributed by atoms with Crippen molar-refractivity contribution in [3.05, 3.63) is 29.8 Å². The molecule has 19 heavy (non-hydrogen) atoms. The quantitative estimate of drug-likeness (QED) is 0.537. The third kappa shape index (κ3) is 5.57. The zero-order valence-electron chi connectivity index (χ0n) is 11.5. The Morgan fingerprint density at radius 1 is 1.32 bits per heavy atom. The Bertz CT molecular complexity index is 379. The molecule has 5 heteroatoms. The van der Waals surface area contributed by atoms with Gasteiger partial charge in [0, 0.05) is 6.54 Å². The lowest BCUT2D eigenvalue weighted by molar-refractivity contribution is 0.0666. The van der Waals surface area contributed by atoms with E-state index in [0.29, 0.717) is 5.75 Å². The van der Waals surface area contributed by atoms with E-state index in [0.717, 1.165) is 5.56 Å². The fraction of sp³-hybridized carbons (Fsp3) is 0.571. The number of hydrogen-bond acceptors (Lipinski definition) is 5. The Hall–Kier alpha value is -1.14. The summed E-state index contributed by atoms with van der Waals surface area (Å²) >= 11 is 0. The molecule has 1 unspecified atom stereocenters. The average Bonchev–Trinajstić information content (AvgIpc) is 2.42. The number of aryl methyl sites for hydroxylation is 1. The van der Waals surface area contributed by atoms with Crippen molar-refractivity contribution in [2.75, 3.05) is 26.4 Å². The van der Waals surface area contributed by atoms with Crippen molar-refractivity contribution in [1.29, 1.82) is 0 Å². The Morgan fingerprint density at radius 3 is 2.58 bits per heavy atom. The molecule has 4 N–H and O–H groups in total. The summed E-state index contributed by atoms with van der Waals surface area (Å²) in [5, 5.41) is 30.9. The van der Waals surface area contributed by atoms with Crippen molar-refractivity contribution in [1.82, 2.24) is 5.32 Å². The SMILES string of the molecule is Cc1cccc(OCC(O)CNC(C)(CO)CO)c1. The summed E-state index contributed by atoms with van der Waals surface area (Å²) in [4.78, 5) is 0. The molecule has 0 saturated carbocycles. The second kappa shape index (κ2) is 7.45. The highest BCUT2D eigenvalue weighted by molar-refractivity contribution is 5.27. The summed E-state index contributed by atoms with van der Waals surface area (Å²) in [6.45, 7) is 3.65. The van der Waals surface area contributed by atoms with Crippen LogP contribution in [0.3, 0.4) is 0 Å². The molecule has 1 aromatic rings. The molecular formula is C14H23NO4. The topological polar surface area (TPSA) is 82.0 Å². The summed E-state index contributed by atoms with van der Waals surface area (Å²) in [5.41, 5.74) is 0.308. The first-order valence-electron chi connectivity index (χ1n) is 6.33. The van der Waals surface area contributed by atoms with Gasteiger partial charge in [-0.15, -0.1) is 0 Å². The first-order valence-corrected chi connectivity index (χ1v) is 6.33. The molecule has 5 nitrogen and oxygen atoms in total. The Morgan fingerprint density at radius 2 is 2.00 bits per heavy atom. The number of hydrogen-bond donors (Lipinski definition) is 4. The molecule has 0 bridgehead atoms. The molecule has 0 fully saturated rings. The number of rotatable bonds is 8. The second-order valence-electron chi connectivity index (χ2n) is 5.04. The predicted octanol–water partition coefficient (Wildman–Crippen LogP) is 0.0676. The standard InChI is InChI=1S/C14H23NO4/c1-11-4-3-5-13(6-11)19-8-12(18)7-15-14(2,9-16)10-17/h3-6,12,15-18H,7-10H2,1-2H3. The third-order valence-corrected chi connectivity index (χ3v) is 2.89. The molecule has 0 aliphatic heterocycles. The monoisotopic (exact) mass is 269 g/mol. The largest absolute Gasteiger partial charge is 0.491 e. The van der Waals surface area contributed by atoms with E-state index in [1.165, 1.54) is 0 Å². The maximum absolute atomic E-state index is 9.78. The molecule has 108 valence electrons. The normalized spacial score (nSPS) is 13.3. The van der Waals surface area contributed by atoms with Crippen LogP contribution in [0.4, 0.5) is 0 Å². The van der Waals surface area contributed by atoms with Gasteiger partial charge in [-0.1, -0.05) is 12.1 Å². The van der Waals surface area contributed by atoms with Gasteiger partial charge in [-0.25, -0.2) is 0 Å². The minimum atomic E-state index is -0.787. The zero-order chi connectivity index (χ0) is 14.3. The van der Waals surface area contributed by atoms with E-state index in [1.807, 2.05) is 31.2 Å². The van der Waals surface area contributed by atoms with Crippen molar-refractivity contribution in [3.63, 3.8) is 0 Å². The van der Waals surface area contributed by atoms with Crippen molar-refractivity contribution in [2.45, 2.75) is 25.5 Å². The molecule has 1 atom stereocenters. The van der Waals surface area contributed by atoms with Gasteiger partial charge in [0.1, 0.15) is 18.5 Å². The maximum atomic E-state index is 9.78. The molecule has 0 amide bonds. The molecule has 1 rings (SSSR count). The van der Waals surface area contributed by atoms with Crippen LogP contribution in [0, 0.1) is 6.92 Å². The molecule has 0 aromatic heterocycles. The van der Waals surface area contributed by atoms with Gasteiger partial charge in [0.2, 0.25) is 0 Å². The van der Waals surface area contributed by atoms with Crippen LogP contribution < -0.4 is 10.1 Å². The summed E-state index contributed by atoms with van der Waals surface area (Å²) in [5.74, 6) is 0.714. The minimum absolute atomic E-state index is 0.156. The fourth-order valence-corrected chi connectivity index (χ4v) is 1.48. The molecular weight excluding hydrogens is 246 g/mol. The molecule has 1 aromatic carbocycles. The van der Waals surface area contributed by atoms with E-state index in [4.69, 9.17) is 14.9 Å². The van der Waals surface area contributed by atoms with E-state index in [-0.39, 0.29) is 26.4 Å². The summed E-state index contributed by atoms with van der Waals surface area (Å²) in [6.07, 6.45) is -0.710. The van der Waals surface area contributed by atoms with Crippen molar-refractivity contribution >= 4 is 0 Å². The molecule has 0 saturated heterocycles. The Balaban J connectivity index is 2.34. The Labute approximate surface area is 113 Å². The number of β-amino-alcohol motifs (C(OH)–C–C–N with tert-alkyl or cyclic N) is 1.